The predicted octanol–water partition coefficient (Wildman–Crippen LogP) is 3.76. The molecule has 0 amide bonds. The van der Waals surface area contributed by atoms with Crippen LogP contribution in [0, 0.1) is 5.82 Å². The zero-order valence-corrected chi connectivity index (χ0v) is 17.4. The standard InChI is InChI=1S/C23H23FN2O3S/c1-30(28,29)25(14-17-8-2-5-11-21(17)24)15-18(27)16-26-22-12-6-3-9-19(22)20-10-4-7-13-23(20)26/h2-13,18,27H,14-16H2,1H3. The van der Waals surface area contributed by atoms with Crippen LogP contribution in [0.2, 0.25) is 0 Å². The van der Waals surface area contributed by atoms with E-state index in [4.69, 9.17) is 0 Å². The minimum atomic E-state index is -3.64. The van der Waals surface area contributed by atoms with Crippen molar-refractivity contribution in [2.75, 3.05) is 12.8 Å². The SMILES string of the molecule is CS(=O)(=O)N(Cc1ccccc1F)CC(O)Cn1c2ccccc2c2ccccc21. The lowest BCUT2D eigenvalue weighted by atomic mass is 10.2. The van der Waals surface area contributed by atoms with Crippen molar-refractivity contribution in [3.8, 4) is 0 Å². The van der Waals surface area contributed by atoms with Gasteiger partial charge in [0.2, 0.25) is 10.0 Å². The maximum atomic E-state index is 14.0. The molecule has 0 spiro atoms. The van der Waals surface area contributed by atoms with E-state index in [1.165, 1.54) is 6.07 Å². The second-order valence-electron chi connectivity index (χ2n) is 7.45. The normalized spacial score (nSPS) is 13.3. The first-order valence-corrected chi connectivity index (χ1v) is 11.5. The fraction of sp³-hybridized carbons (Fsp3) is 0.217. The van der Waals surface area contributed by atoms with Gasteiger partial charge in [0.05, 0.1) is 18.9 Å². The average molecular weight is 427 g/mol. The first-order chi connectivity index (χ1) is 14.3. The third-order valence-electron chi connectivity index (χ3n) is 5.26. The topological polar surface area (TPSA) is 62.5 Å². The van der Waals surface area contributed by atoms with Gasteiger partial charge in [0.15, 0.2) is 0 Å². The lowest BCUT2D eigenvalue weighted by molar-refractivity contribution is 0.128. The molecule has 0 aliphatic rings. The van der Waals surface area contributed by atoms with Crippen molar-refractivity contribution in [1.82, 2.24) is 8.87 Å². The van der Waals surface area contributed by atoms with E-state index in [1.807, 2.05) is 53.1 Å². The third kappa shape index (κ3) is 4.09. The van der Waals surface area contributed by atoms with E-state index in [-0.39, 0.29) is 25.2 Å². The van der Waals surface area contributed by atoms with Gasteiger partial charge in [-0.3, -0.25) is 0 Å². The number of halogens is 1. The van der Waals surface area contributed by atoms with E-state index in [9.17, 15) is 17.9 Å². The highest BCUT2D eigenvalue weighted by Crippen LogP contribution is 2.29. The van der Waals surface area contributed by atoms with Gasteiger partial charge < -0.3 is 9.67 Å². The second kappa shape index (κ2) is 8.18. The highest BCUT2D eigenvalue weighted by molar-refractivity contribution is 7.88. The molecule has 1 aromatic heterocycles. The van der Waals surface area contributed by atoms with Gasteiger partial charge in [-0.05, 0) is 18.2 Å². The number of para-hydroxylation sites is 2. The molecular weight excluding hydrogens is 403 g/mol. The van der Waals surface area contributed by atoms with Crippen LogP contribution >= 0.6 is 0 Å². The summed E-state index contributed by atoms with van der Waals surface area (Å²) in [5, 5.41) is 13.0. The Morgan fingerprint density at radius 1 is 0.933 bits per heavy atom. The predicted molar refractivity (Wildman–Crippen MR) is 117 cm³/mol. The zero-order valence-electron chi connectivity index (χ0n) is 16.6. The molecule has 7 heteroatoms. The van der Waals surface area contributed by atoms with Crippen LogP contribution in [0.3, 0.4) is 0 Å². The number of aliphatic hydroxyl groups is 1. The van der Waals surface area contributed by atoms with Crippen molar-refractivity contribution in [1.29, 1.82) is 0 Å². The van der Waals surface area contributed by atoms with Gasteiger partial charge >= 0.3 is 0 Å². The van der Waals surface area contributed by atoms with Gasteiger partial charge in [0.1, 0.15) is 5.82 Å². The Morgan fingerprint density at radius 3 is 2.03 bits per heavy atom. The van der Waals surface area contributed by atoms with Crippen LogP contribution in [0.1, 0.15) is 5.56 Å². The van der Waals surface area contributed by atoms with Gasteiger partial charge in [0, 0.05) is 40.5 Å². The molecule has 0 saturated carbocycles. The molecule has 5 nitrogen and oxygen atoms in total. The van der Waals surface area contributed by atoms with Gasteiger partial charge in [-0.1, -0.05) is 54.6 Å². The maximum Gasteiger partial charge on any atom is 0.211 e. The summed E-state index contributed by atoms with van der Waals surface area (Å²) in [6.07, 6.45) is 0.104. The number of fused-ring (bicyclic) bond motifs is 3. The molecule has 0 bridgehead atoms. The van der Waals surface area contributed by atoms with E-state index in [0.29, 0.717) is 0 Å². The van der Waals surface area contributed by atoms with Crippen molar-refractivity contribution in [3.63, 3.8) is 0 Å². The molecular formula is C23H23FN2O3S. The molecule has 156 valence electrons. The van der Waals surface area contributed by atoms with Crippen LogP contribution in [-0.4, -0.2) is 41.3 Å². The van der Waals surface area contributed by atoms with Crippen molar-refractivity contribution in [2.24, 2.45) is 0 Å². The van der Waals surface area contributed by atoms with E-state index >= 15 is 0 Å². The van der Waals surface area contributed by atoms with E-state index in [1.54, 1.807) is 18.2 Å². The van der Waals surface area contributed by atoms with Gasteiger partial charge in [0.25, 0.3) is 0 Å². The van der Waals surface area contributed by atoms with Crippen LogP contribution in [-0.2, 0) is 23.1 Å². The number of nitrogens with zero attached hydrogens (tertiary/aromatic N) is 2. The van der Waals surface area contributed by atoms with Crippen molar-refractivity contribution < 1.29 is 17.9 Å². The Labute approximate surface area is 175 Å². The summed E-state index contributed by atoms with van der Waals surface area (Å²) in [4.78, 5) is 0. The summed E-state index contributed by atoms with van der Waals surface area (Å²) in [5.74, 6) is -0.469. The van der Waals surface area contributed by atoms with Gasteiger partial charge in [-0.2, -0.15) is 4.31 Å². The zero-order chi connectivity index (χ0) is 21.3. The largest absolute Gasteiger partial charge is 0.390 e. The quantitative estimate of drug-likeness (QED) is 0.490. The van der Waals surface area contributed by atoms with Crippen LogP contribution in [0.25, 0.3) is 21.8 Å². The molecule has 4 rings (SSSR count). The second-order valence-corrected chi connectivity index (χ2v) is 9.43. The molecule has 1 heterocycles. The molecule has 0 aliphatic heterocycles. The van der Waals surface area contributed by atoms with Gasteiger partial charge in [-0.15, -0.1) is 0 Å². The number of rotatable bonds is 7. The third-order valence-corrected chi connectivity index (χ3v) is 6.48. The highest BCUT2D eigenvalue weighted by atomic mass is 32.2. The lowest BCUT2D eigenvalue weighted by Gasteiger charge is -2.24. The molecule has 4 aromatic rings. The Morgan fingerprint density at radius 2 is 1.47 bits per heavy atom. The monoisotopic (exact) mass is 426 g/mol. The van der Waals surface area contributed by atoms with E-state index < -0.39 is 21.9 Å². The summed E-state index contributed by atoms with van der Waals surface area (Å²) in [6.45, 7) is -0.0406. The first kappa shape index (κ1) is 20.5. The summed E-state index contributed by atoms with van der Waals surface area (Å²) in [5.41, 5.74) is 2.21. The Bertz CT molecular complexity index is 1250. The molecule has 0 radical (unpaired) electrons. The Hall–Kier alpha value is -2.74. The number of sulfonamides is 1. The number of aliphatic hydroxyl groups excluding tert-OH is 1. The molecule has 1 unspecified atom stereocenters. The molecule has 1 N–H and O–H groups in total. The Kier molecular flexibility index (Phi) is 5.60. The lowest BCUT2D eigenvalue weighted by Crippen LogP contribution is -2.38. The summed E-state index contributed by atoms with van der Waals surface area (Å²) in [7, 11) is -3.64. The average Bonchev–Trinajstić information content (AvgIpc) is 3.02. The smallest absolute Gasteiger partial charge is 0.211 e. The van der Waals surface area contributed by atoms with E-state index in [2.05, 4.69) is 0 Å². The summed E-state index contributed by atoms with van der Waals surface area (Å²) >= 11 is 0. The van der Waals surface area contributed by atoms with Crippen LogP contribution < -0.4 is 0 Å². The highest BCUT2D eigenvalue weighted by Gasteiger charge is 2.23. The minimum Gasteiger partial charge on any atom is -0.390 e. The van der Waals surface area contributed by atoms with Gasteiger partial charge in [-0.25, -0.2) is 12.8 Å². The Balaban J connectivity index is 1.63. The maximum absolute atomic E-state index is 14.0. The number of benzene rings is 3. The minimum absolute atomic E-state index is 0.129. The number of aromatic nitrogens is 1. The molecule has 30 heavy (non-hydrogen) atoms. The van der Waals surface area contributed by atoms with E-state index in [0.717, 1.165) is 32.4 Å². The van der Waals surface area contributed by atoms with Crippen molar-refractivity contribution in [3.05, 3.63) is 84.2 Å². The van der Waals surface area contributed by atoms with Crippen LogP contribution in [0.5, 0.6) is 0 Å². The fourth-order valence-electron chi connectivity index (χ4n) is 3.84. The summed E-state index contributed by atoms with van der Waals surface area (Å²) in [6, 6.07) is 21.9. The summed E-state index contributed by atoms with van der Waals surface area (Å²) < 4.78 is 41.7. The molecule has 0 aliphatic carbocycles. The number of hydrogen-bond donors (Lipinski definition) is 1. The van der Waals surface area contributed by atoms with Crippen LogP contribution in [0.15, 0.2) is 72.8 Å². The number of hydrogen-bond acceptors (Lipinski definition) is 3. The molecule has 3 aromatic carbocycles. The van der Waals surface area contributed by atoms with Crippen molar-refractivity contribution >= 4 is 31.8 Å². The fourth-order valence-corrected chi connectivity index (χ4v) is 4.65. The first-order valence-electron chi connectivity index (χ1n) is 9.67. The molecule has 0 saturated heterocycles. The molecule has 1 atom stereocenters. The van der Waals surface area contributed by atoms with Crippen LogP contribution in [0.4, 0.5) is 4.39 Å². The van der Waals surface area contributed by atoms with Crippen molar-refractivity contribution in [2.45, 2.75) is 19.2 Å². The molecule has 0 fully saturated rings.